The van der Waals surface area contributed by atoms with Gasteiger partial charge in [-0.15, -0.1) is 0 Å². The van der Waals surface area contributed by atoms with Crippen molar-refractivity contribution in [1.82, 2.24) is 10.9 Å². The van der Waals surface area contributed by atoms with Gasteiger partial charge in [0.25, 0.3) is 0 Å². The first-order valence-electron chi connectivity index (χ1n) is 4.66. The summed E-state index contributed by atoms with van der Waals surface area (Å²) in [4.78, 5) is 10.2. The Kier molecular flexibility index (Phi) is 2.80. The van der Waals surface area contributed by atoms with Crippen LogP contribution in [0.15, 0.2) is 18.2 Å². The van der Waals surface area contributed by atoms with Crippen molar-refractivity contribution in [3.63, 3.8) is 0 Å². The monoisotopic (exact) mass is 229 g/mol. The Bertz CT molecular complexity index is 427. The third-order valence-electron chi connectivity index (χ3n) is 2.52. The van der Waals surface area contributed by atoms with E-state index in [-0.39, 0.29) is 12.1 Å². The highest BCUT2D eigenvalue weighted by Gasteiger charge is 2.38. The highest BCUT2D eigenvalue weighted by atomic mass is 19.1. The molecule has 5 nitrogen and oxygen atoms in total. The number of benzene rings is 1. The summed E-state index contributed by atoms with van der Waals surface area (Å²) in [5.74, 6) is -1.49. The van der Waals surface area contributed by atoms with E-state index in [1.807, 2.05) is 0 Å². The van der Waals surface area contributed by atoms with Crippen LogP contribution in [0.2, 0.25) is 0 Å². The standard InChI is InChI=1S/C9H9F2N3O2/c10-5-1-2-6(7(11)3-5)9-8(14(15)16)4-12-13-9/h1-3,8-9,12-13H,4H2. The molecule has 1 heterocycles. The minimum absolute atomic E-state index is 0.0908. The molecule has 0 bridgehead atoms. The van der Waals surface area contributed by atoms with Crippen molar-refractivity contribution in [2.24, 2.45) is 0 Å². The van der Waals surface area contributed by atoms with Crippen LogP contribution in [0.25, 0.3) is 0 Å². The molecule has 7 heteroatoms. The van der Waals surface area contributed by atoms with Gasteiger partial charge >= 0.3 is 0 Å². The molecule has 2 N–H and O–H groups in total. The Morgan fingerprint density at radius 3 is 2.81 bits per heavy atom. The van der Waals surface area contributed by atoms with Gasteiger partial charge in [0.05, 0.1) is 6.54 Å². The third kappa shape index (κ3) is 1.86. The van der Waals surface area contributed by atoms with Gasteiger partial charge in [-0.3, -0.25) is 15.5 Å². The number of hydrogen-bond acceptors (Lipinski definition) is 4. The number of rotatable bonds is 2. The number of halogens is 2. The van der Waals surface area contributed by atoms with Crippen LogP contribution in [0.3, 0.4) is 0 Å². The minimum atomic E-state index is -0.958. The van der Waals surface area contributed by atoms with Crippen molar-refractivity contribution >= 4 is 0 Å². The molecule has 1 fully saturated rings. The molecule has 16 heavy (non-hydrogen) atoms. The zero-order chi connectivity index (χ0) is 11.7. The van der Waals surface area contributed by atoms with Crippen molar-refractivity contribution in [2.75, 3.05) is 6.54 Å². The molecule has 0 saturated carbocycles. The maximum Gasteiger partial charge on any atom is 0.247 e. The van der Waals surface area contributed by atoms with Crippen molar-refractivity contribution in [1.29, 1.82) is 0 Å². The summed E-state index contributed by atoms with van der Waals surface area (Å²) in [5, 5.41) is 10.7. The number of hydrazine groups is 1. The fraction of sp³-hybridized carbons (Fsp3) is 0.333. The SMILES string of the molecule is O=[N+]([O-])C1CNNC1c1ccc(F)cc1F. The lowest BCUT2D eigenvalue weighted by Gasteiger charge is -2.13. The molecule has 0 radical (unpaired) electrons. The fourth-order valence-electron chi connectivity index (χ4n) is 1.72. The maximum absolute atomic E-state index is 13.4. The lowest BCUT2D eigenvalue weighted by Crippen LogP contribution is -2.30. The van der Waals surface area contributed by atoms with Crippen molar-refractivity contribution in [3.05, 3.63) is 45.5 Å². The smallest absolute Gasteiger partial charge is 0.247 e. The molecule has 1 aliphatic rings. The van der Waals surface area contributed by atoms with Crippen LogP contribution >= 0.6 is 0 Å². The highest BCUT2D eigenvalue weighted by molar-refractivity contribution is 5.24. The first-order chi connectivity index (χ1) is 7.59. The first-order valence-corrected chi connectivity index (χ1v) is 4.66. The van der Waals surface area contributed by atoms with E-state index in [4.69, 9.17) is 0 Å². The Balaban J connectivity index is 2.32. The van der Waals surface area contributed by atoms with Crippen molar-refractivity contribution in [2.45, 2.75) is 12.1 Å². The average molecular weight is 229 g/mol. The summed E-state index contributed by atoms with van der Waals surface area (Å²) in [6.45, 7) is 0.106. The van der Waals surface area contributed by atoms with E-state index in [0.717, 1.165) is 6.07 Å². The molecule has 1 aliphatic heterocycles. The molecule has 0 amide bonds. The zero-order valence-electron chi connectivity index (χ0n) is 8.11. The summed E-state index contributed by atoms with van der Waals surface area (Å²) in [5.41, 5.74) is 5.29. The second-order valence-electron chi connectivity index (χ2n) is 3.52. The molecule has 86 valence electrons. The summed E-state index contributed by atoms with van der Waals surface area (Å²) in [6.07, 6.45) is 0. The van der Waals surface area contributed by atoms with Gasteiger partial charge in [0.1, 0.15) is 17.7 Å². The quantitative estimate of drug-likeness (QED) is 0.580. The van der Waals surface area contributed by atoms with Crippen LogP contribution in [0.5, 0.6) is 0 Å². The molecule has 1 aromatic rings. The zero-order valence-corrected chi connectivity index (χ0v) is 8.11. The molecule has 1 saturated heterocycles. The van der Waals surface area contributed by atoms with Gasteiger partial charge in [0, 0.05) is 16.6 Å². The molecule has 2 unspecified atom stereocenters. The Labute approximate surface area is 89.6 Å². The van der Waals surface area contributed by atoms with Gasteiger partial charge in [-0.25, -0.2) is 14.2 Å². The fourth-order valence-corrected chi connectivity index (χ4v) is 1.72. The van der Waals surface area contributed by atoms with Crippen LogP contribution in [0.1, 0.15) is 11.6 Å². The van der Waals surface area contributed by atoms with E-state index in [9.17, 15) is 18.9 Å². The number of hydrogen-bond donors (Lipinski definition) is 2. The Hall–Kier alpha value is -1.60. The first kappa shape index (κ1) is 10.9. The van der Waals surface area contributed by atoms with E-state index < -0.39 is 28.6 Å². The number of nitrogens with zero attached hydrogens (tertiary/aromatic N) is 1. The van der Waals surface area contributed by atoms with Gasteiger partial charge < -0.3 is 0 Å². The van der Waals surface area contributed by atoms with Gasteiger partial charge in [-0.2, -0.15) is 0 Å². The van der Waals surface area contributed by atoms with Crippen LogP contribution in [0.4, 0.5) is 8.78 Å². The molecule has 0 spiro atoms. The number of nitrogens with one attached hydrogen (secondary N) is 2. The normalized spacial score (nSPS) is 24.6. The van der Waals surface area contributed by atoms with Crippen LogP contribution in [-0.2, 0) is 0 Å². The van der Waals surface area contributed by atoms with Gasteiger partial charge in [-0.05, 0) is 6.07 Å². The maximum atomic E-state index is 13.4. The second kappa shape index (κ2) is 4.11. The van der Waals surface area contributed by atoms with E-state index >= 15 is 0 Å². The number of nitro groups is 1. The highest BCUT2D eigenvalue weighted by Crippen LogP contribution is 2.24. The molecule has 2 atom stereocenters. The molecular formula is C9H9F2N3O2. The van der Waals surface area contributed by atoms with Gasteiger partial charge in [0.15, 0.2) is 0 Å². The van der Waals surface area contributed by atoms with Crippen LogP contribution < -0.4 is 10.9 Å². The second-order valence-corrected chi connectivity index (χ2v) is 3.52. The molecular weight excluding hydrogens is 220 g/mol. The predicted molar refractivity (Wildman–Crippen MR) is 51.0 cm³/mol. The molecule has 2 rings (SSSR count). The summed E-state index contributed by atoms with van der Waals surface area (Å²) in [6, 6.07) is 1.27. The van der Waals surface area contributed by atoms with E-state index in [0.29, 0.717) is 6.07 Å². The molecule has 0 aliphatic carbocycles. The summed E-state index contributed by atoms with van der Waals surface area (Å²) < 4.78 is 26.1. The van der Waals surface area contributed by atoms with Crippen molar-refractivity contribution in [3.8, 4) is 0 Å². The summed E-state index contributed by atoms with van der Waals surface area (Å²) >= 11 is 0. The Morgan fingerprint density at radius 2 is 2.19 bits per heavy atom. The predicted octanol–water partition coefficient (Wildman–Crippen LogP) is 0.759. The topological polar surface area (TPSA) is 67.2 Å². The summed E-state index contributed by atoms with van der Waals surface area (Å²) in [7, 11) is 0. The average Bonchev–Trinajstić information content (AvgIpc) is 2.66. The molecule has 1 aromatic carbocycles. The van der Waals surface area contributed by atoms with E-state index in [1.54, 1.807) is 0 Å². The molecule has 0 aromatic heterocycles. The lowest BCUT2D eigenvalue weighted by molar-refractivity contribution is -0.520. The lowest BCUT2D eigenvalue weighted by atomic mass is 10.0. The van der Waals surface area contributed by atoms with Crippen molar-refractivity contribution < 1.29 is 13.7 Å². The van der Waals surface area contributed by atoms with Crippen LogP contribution in [0, 0.1) is 21.7 Å². The minimum Gasteiger partial charge on any atom is -0.264 e. The van der Waals surface area contributed by atoms with Crippen LogP contribution in [-0.4, -0.2) is 17.5 Å². The van der Waals surface area contributed by atoms with Gasteiger partial charge in [-0.1, -0.05) is 6.07 Å². The van der Waals surface area contributed by atoms with E-state index in [1.165, 1.54) is 6.07 Å². The largest absolute Gasteiger partial charge is 0.264 e. The Morgan fingerprint density at radius 1 is 1.44 bits per heavy atom. The van der Waals surface area contributed by atoms with E-state index in [2.05, 4.69) is 10.9 Å². The van der Waals surface area contributed by atoms with Gasteiger partial charge in [0.2, 0.25) is 6.04 Å². The third-order valence-corrected chi connectivity index (χ3v) is 2.52.